The zero-order valence-electron chi connectivity index (χ0n) is 15.9. The molecule has 9 nitrogen and oxygen atoms in total. The number of nitrogens with zero attached hydrogens (tertiary/aromatic N) is 4. The molecule has 0 saturated carbocycles. The molecule has 1 aromatic heterocycles. The van der Waals surface area contributed by atoms with E-state index in [2.05, 4.69) is 15.3 Å². The predicted octanol–water partition coefficient (Wildman–Crippen LogP) is 3.22. The number of anilines is 3. The smallest absolute Gasteiger partial charge is 0.353 e. The molecule has 3 rings (SSSR count). The maximum atomic E-state index is 11.9. The summed E-state index contributed by atoms with van der Waals surface area (Å²) in [6.07, 6.45) is 2.46. The summed E-state index contributed by atoms with van der Waals surface area (Å²) < 4.78 is 5.08. The summed E-state index contributed by atoms with van der Waals surface area (Å²) in [5.74, 6) is 0.0219. The molecule has 1 aromatic carbocycles. The van der Waals surface area contributed by atoms with E-state index < -0.39 is 4.92 Å². The quantitative estimate of drug-likeness (QED) is 0.458. The van der Waals surface area contributed by atoms with E-state index in [0.717, 1.165) is 5.56 Å². The molecule has 1 N–H and O–H groups in total. The van der Waals surface area contributed by atoms with Crippen LogP contribution in [0.2, 0.25) is 0 Å². The third kappa shape index (κ3) is 4.36. The largest absolute Gasteiger partial charge is 0.466 e. The van der Waals surface area contributed by atoms with Gasteiger partial charge in [0.15, 0.2) is 0 Å². The molecular formula is C19H23N5O4. The molecule has 1 saturated heterocycles. The molecule has 0 bridgehead atoms. The van der Waals surface area contributed by atoms with Crippen molar-refractivity contribution in [1.29, 1.82) is 0 Å². The van der Waals surface area contributed by atoms with Crippen LogP contribution in [-0.4, -0.2) is 40.6 Å². The summed E-state index contributed by atoms with van der Waals surface area (Å²) in [5, 5.41) is 14.8. The summed E-state index contributed by atoms with van der Waals surface area (Å²) in [6.45, 7) is 5.06. The van der Waals surface area contributed by atoms with Crippen LogP contribution >= 0.6 is 0 Å². The number of hydrogen-bond donors (Lipinski definition) is 1. The van der Waals surface area contributed by atoms with E-state index in [9.17, 15) is 14.9 Å². The maximum absolute atomic E-state index is 11.9. The Balaban J connectivity index is 1.82. The van der Waals surface area contributed by atoms with Crippen LogP contribution in [0.3, 0.4) is 0 Å². The van der Waals surface area contributed by atoms with Crippen molar-refractivity contribution in [2.75, 3.05) is 29.9 Å². The number of rotatable bonds is 6. The highest BCUT2D eigenvalue weighted by Gasteiger charge is 2.32. The SMILES string of the molecule is CCOC(=O)C1CCN(c2ncnc(Nc3cccc(C)c3)c2[N+](=O)[O-])CC1. The average molecular weight is 385 g/mol. The van der Waals surface area contributed by atoms with Gasteiger partial charge in [0.1, 0.15) is 6.33 Å². The van der Waals surface area contributed by atoms with Gasteiger partial charge < -0.3 is 15.0 Å². The Morgan fingerprint density at radius 1 is 1.36 bits per heavy atom. The van der Waals surface area contributed by atoms with Gasteiger partial charge in [0.2, 0.25) is 11.6 Å². The van der Waals surface area contributed by atoms with Crippen molar-refractivity contribution in [3.8, 4) is 0 Å². The number of aryl methyl sites for hydroxylation is 1. The van der Waals surface area contributed by atoms with Gasteiger partial charge in [-0.1, -0.05) is 12.1 Å². The lowest BCUT2D eigenvalue weighted by molar-refractivity contribution is -0.383. The highest BCUT2D eigenvalue weighted by molar-refractivity contribution is 5.76. The number of hydrogen-bond acceptors (Lipinski definition) is 8. The molecule has 1 aliphatic rings. The number of benzene rings is 1. The monoisotopic (exact) mass is 385 g/mol. The number of piperidine rings is 1. The Kier molecular flexibility index (Phi) is 6.03. The molecule has 0 atom stereocenters. The molecule has 148 valence electrons. The lowest BCUT2D eigenvalue weighted by Crippen LogP contribution is -2.37. The van der Waals surface area contributed by atoms with Crippen molar-refractivity contribution in [2.24, 2.45) is 5.92 Å². The van der Waals surface area contributed by atoms with Gasteiger partial charge in [-0.2, -0.15) is 0 Å². The van der Waals surface area contributed by atoms with Gasteiger partial charge in [0.05, 0.1) is 17.4 Å². The van der Waals surface area contributed by atoms with Gasteiger partial charge in [-0.3, -0.25) is 14.9 Å². The first-order chi connectivity index (χ1) is 13.5. The van der Waals surface area contributed by atoms with Crippen LogP contribution in [0, 0.1) is 23.0 Å². The van der Waals surface area contributed by atoms with Crippen molar-refractivity contribution in [2.45, 2.75) is 26.7 Å². The van der Waals surface area contributed by atoms with E-state index >= 15 is 0 Å². The van der Waals surface area contributed by atoms with Gasteiger partial charge in [0.25, 0.3) is 0 Å². The van der Waals surface area contributed by atoms with Crippen LogP contribution in [0.4, 0.5) is 23.0 Å². The molecule has 1 fully saturated rings. The fourth-order valence-electron chi connectivity index (χ4n) is 3.31. The molecule has 0 aliphatic carbocycles. The molecule has 9 heteroatoms. The van der Waals surface area contributed by atoms with E-state index in [1.54, 1.807) is 6.92 Å². The second-order valence-electron chi connectivity index (χ2n) is 6.66. The van der Waals surface area contributed by atoms with E-state index in [-0.39, 0.29) is 29.2 Å². The number of aromatic nitrogens is 2. The number of nitrogens with one attached hydrogen (secondary N) is 1. The lowest BCUT2D eigenvalue weighted by Gasteiger charge is -2.31. The van der Waals surface area contributed by atoms with Crippen LogP contribution in [0.25, 0.3) is 0 Å². The van der Waals surface area contributed by atoms with Crippen LogP contribution in [0.15, 0.2) is 30.6 Å². The fourth-order valence-corrected chi connectivity index (χ4v) is 3.31. The number of carbonyl (C=O) groups excluding carboxylic acids is 1. The molecule has 0 unspecified atom stereocenters. The highest BCUT2D eigenvalue weighted by Crippen LogP contribution is 2.35. The van der Waals surface area contributed by atoms with Crippen LogP contribution in [0.1, 0.15) is 25.3 Å². The van der Waals surface area contributed by atoms with E-state index in [1.165, 1.54) is 6.33 Å². The molecule has 28 heavy (non-hydrogen) atoms. The first-order valence-corrected chi connectivity index (χ1v) is 9.24. The molecule has 0 radical (unpaired) electrons. The van der Waals surface area contributed by atoms with Gasteiger partial charge in [-0.15, -0.1) is 0 Å². The first kappa shape index (κ1) is 19.5. The Bertz CT molecular complexity index is 865. The minimum Gasteiger partial charge on any atom is -0.466 e. The Morgan fingerprint density at radius 2 is 2.11 bits per heavy atom. The molecule has 0 spiro atoms. The minimum atomic E-state index is -0.467. The second-order valence-corrected chi connectivity index (χ2v) is 6.66. The van der Waals surface area contributed by atoms with E-state index in [4.69, 9.17) is 4.74 Å². The summed E-state index contributed by atoms with van der Waals surface area (Å²) in [7, 11) is 0. The lowest BCUT2D eigenvalue weighted by atomic mass is 9.97. The van der Waals surface area contributed by atoms with Crippen molar-refractivity contribution in [3.05, 3.63) is 46.3 Å². The molecule has 0 amide bonds. The van der Waals surface area contributed by atoms with Crippen LogP contribution in [-0.2, 0) is 9.53 Å². The number of carbonyl (C=O) groups is 1. The first-order valence-electron chi connectivity index (χ1n) is 9.24. The summed E-state index contributed by atoms with van der Waals surface area (Å²) >= 11 is 0. The Hall–Kier alpha value is -3.23. The van der Waals surface area contributed by atoms with Crippen molar-refractivity contribution >= 4 is 29.0 Å². The predicted molar refractivity (Wildman–Crippen MR) is 105 cm³/mol. The van der Waals surface area contributed by atoms with Crippen LogP contribution in [0.5, 0.6) is 0 Å². The van der Waals surface area contributed by atoms with Gasteiger partial charge in [-0.25, -0.2) is 9.97 Å². The van der Waals surface area contributed by atoms with Crippen molar-refractivity contribution in [3.63, 3.8) is 0 Å². The van der Waals surface area contributed by atoms with E-state index in [0.29, 0.717) is 38.2 Å². The average Bonchev–Trinajstić information content (AvgIpc) is 2.68. The normalized spacial score (nSPS) is 14.6. The third-order valence-electron chi connectivity index (χ3n) is 4.68. The van der Waals surface area contributed by atoms with Crippen molar-refractivity contribution < 1.29 is 14.5 Å². The number of ether oxygens (including phenoxy) is 1. The van der Waals surface area contributed by atoms with Gasteiger partial charge >= 0.3 is 11.7 Å². The second kappa shape index (κ2) is 8.64. The zero-order chi connectivity index (χ0) is 20.1. The number of esters is 1. The Morgan fingerprint density at radius 3 is 2.75 bits per heavy atom. The van der Waals surface area contributed by atoms with Crippen LogP contribution < -0.4 is 10.2 Å². The molecule has 2 aromatic rings. The molecule has 2 heterocycles. The molecule has 1 aliphatic heterocycles. The summed E-state index contributed by atoms with van der Waals surface area (Å²) in [6, 6.07) is 7.52. The van der Waals surface area contributed by atoms with Crippen molar-refractivity contribution in [1.82, 2.24) is 9.97 Å². The topological polar surface area (TPSA) is 110 Å². The zero-order valence-corrected chi connectivity index (χ0v) is 15.9. The number of nitro groups is 1. The maximum Gasteiger partial charge on any atom is 0.353 e. The minimum absolute atomic E-state index is 0.146. The molecular weight excluding hydrogens is 362 g/mol. The fraction of sp³-hybridized carbons (Fsp3) is 0.421. The third-order valence-corrected chi connectivity index (χ3v) is 4.68. The highest BCUT2D eigenvalue weighted by atomic mass is 16.6. The van der Waals surface area contributed by atoms with Gasteiger partial charge in [-0.05, 0) is 44.4 Å². The Labute approximate surface area is 162 Å². The van der Waals surface area contributed by atoms with Gasteiger partial charge in [0, 0.05) is 18.8 Å². The van der Waals surface area contributed by atoms with E-state index in [1.807, 2.05) is 36.1 Å². The standard InChI is InChI=1S/C19H23N5O4/c1-3-28-19(25)14-7-9-23(10-8-14)18-16(24(26)27)17(20-12-21-18)22-15-6-4-5-13(2)11-15/h4-6,11-12,14H,3,7-10H2,1-2H3,(H,20,21,22). The summed E-state index contributed by atoms with van der Waals surface area (Å²) in [4.78, 5) is 33.3. The summed E-state index contributed by atoms with van der Waals surface area (Å²) in [5.41, 5.74) is 1.58.